The second kappa shape index (κ2) is 7.44. The maximum Gasteiger partial charge on any atom is 0.573 e. The summed E-state index contributed by atoms with van der Waals surface area (Å²) in [5.41, 5.74) is -8.09. The van der Waals surface area contributed by atoms with Gasteiger partial charge in [-0.2, -0.15) is 0 Å². The predicted octanol–water partition coefficient (Wildman–Crippen LogP) is 3.74. The van der Waals surface area contributed by atoms with E-state index in [0.717, 1.165) is 0 Å². The van der Waals surface area contributed by atoms with Gasteiger partial charge in [0.05, 0.1) is 6.85 Å². The highest BCUT2D eigenvalue weighted by Gasteiger charge is 2.51. The average Bonchev–Trinajstić information content (AvgIpc) is 3.22. The van der Waals surface area contributed by atoms with Crippen molar-refractivity contribution in [2.45, 2.75) is 63.2 Å². The lowest BCUT2D eigenvalue weighted by molar-refractivity contribution is -0.274. The summed E-state index contributed by atoms with van der Waals surface area (Å²) in [4.78, 5) is 29.1. The van der Waals surface area contributed by atoms with Crippen LogP contribution in [0.25, 0.3) is 0 Å². The van der Waals surface area contributed by atoms with E-state index in [9.17, 15) is 27.9 Å². The van der Waals surface area contributed by atoms with Gasteiger partial charge in [0.15, 0.2) is 0 Å². The van der Waals surface area contributed by atoms with E-state index in [1.807, 2.05) is 0 Å². The second-order valence-electron chi connectivity index (χ2n) is 4.95. The molecule has 2 aliphatic rings. The molecule has 152 valence electrons. The van der Waals surface area contributed by atoms with Crippen LogP contribution in [0.3, 0.4) is 0 Å². The number of ether oxygens (including phenoxy) is 1. The van der Waals surface area contributed by atoms with Crippen molar-refractivity contribution in [1.82, 2.24) is 4.90 Å². The summed E-state index contributed by atoms with van der Waals surface area (Å²) in [5.74, 6) is -7.20. The fourth-order valence-electron chi connectivity index (χ4n) is 2.21. The van der Waals surface area contributed by atoms with Gasteiger partial charge in [-0.15, -0.1) is 13.2 Å². The smallest absolute Gasteiger partial charge is 0.480 e. The second-order valence-corrected chi connectivity index (χ2v) is 4.95. The minimum atomic E-state index is -5.63. The van der Waals surface area contributed by atoms with Gasteiger partial charge in [-0.05, 0) is 56.0 Å². The molecule has 1 aliphatic carbocycles. The van der Waals surface area contributed by atoms with Crippen LogP contribution in [0.4, 0.5) is 13.2 Å². The minimum Gasteiger partial charge on any atom is -0.480 e. The number of amides is 1. The highest BCUT2D eigenvalue weighted by Crippen LogP contribution is 2.41. The van der Waals surface area contributed by atoms with Crippen molar-refractivity contribution in [2.75, 3.05) is 0 Å². The fourth-order valence-corrected chi connectivity index (χ4v) is 2.21. The van der Waals surface area contributed by atoms with Crippen LogP contribution in [0.5, 0.6) is 5.75 Å². The third kappa shape index (κ3) is 3.83. The molecule has 1 aromatic rings. The molecule has 1 atom stereocenters. The van der Waals surface area contributed by atoms with E-state index < -0.39 is 121 Å². The van der Waals surface area contributed by atoms with E-state index in [0.29, 0.717) is 0 Å². The van der Waals surface area contributed by atoms with Crippen molar-refractivity contribution in [2.24, 2.45) is 4.99 Å². The number of carbonyl (C=O) groups is 2. The third-order valence-electron chi connectivity index (χ3n) is 3.22. The monoisotopic (exact) mass is 417 g/mol. The van der Waals surface area contributed by atoms with Gasteiger partial charge in [-0.25, -0.2) is 4.79 Å². The van der Waals surface area contributed by atoms with Gasteiger partial charge in [0.25, 0.3) is 5.91 Å². The number of aliphatic carboxylic acids is 1. The maximum absolute atomic E-state index is 14.1. The van der Waals surface area contributed by atoms with Crippen molar-refractivity contribution < 1.29 is 58.6 Å². The fraction of sp³-hybridized carbons (Fsp3) is 0.526. The molecule has 1 fully saturated rings. The topological polar surface area (TPSA) is 79.2 Å². The number of alkyl halides is 3. The number of aliphatic imine (C=N–C) groups is 1. The molecule has 1 heterocycles. The van der Waals surface area contributed by atoms with Crippen molar-refractivity contribution in [3.8, 4) is 5.75 Å². The highest BCUT2D eigenvalue weighted by molar-refractivity contribution is 6.47. The number of hydrogen-bond donors (Lipinski definition) is 1. The summed E-state index contributed by atoms with van der Waals surface area (Å²) in [6.45, 7) is -3.15. The van der Waals surface area contributed by atoms with Crippen LogP contribution in [0.1, 0.15) is 76.7 Å². The lowest BCUT2D eigenvalue weighted by Crippen LogP contribution is -2.55. The van der Waals surface area contributed by atoms with E-state index in [1.165, 1.54) is 0 Å². The van der Waals surface area contributed by atoms with E-state index in [-0.39, 0.29) is 0 Å². The first-order valence-electron chi connectivity index (χ1n) is 16.7. The molecule has 1 aromatic carbocycles. The Morgan fingerprint density at radius 1 is 1.46 bits per heavy atom. The molecule has 1 saturated carbocycles. The summed E-state index contributed by atoms with van der Waals surface area (Å²) in [7, 11) is 0. The van der Waals surface area contributed by atoms with E-state index in [4.69, 9.17) is 26.0 Å². The van der Waals surface area contributed by atoms with Crippen LogP contribution in [0.15, 0.2) is 29.2 Å². The van der Waals surface area contributed by atoms with Crippen molar-refractivity contribution >= 4 is 17.6 Å². The van der Waals surface area contributed by atoms with Gasteiger partial charge in [0.2, 0.25) is 0 Å². The zero-order valence-electron chi connectivity index (χ0n) is 32.3. The van der Waals surface area contributed by atoms with Crippen LogP contribution in [0.2, 0.25) is 0 Å². The zero-order valence-corrected chi connectivity index (χ0v) is 13.3. The molecule has 0 saturated heterocycles. The van der Waals surface area contributed by atoms with Crippen molar-refractivity contribution in [3.63, 3.8) is 0 Å². The van der Waals surface area contributed by atoms with Gasteiger partial charge in [0.1, 0.15) is 23.1 Å². The highest BCUT2D eigenvalue weighted by atomic mass is 19.4. The Labute approximate surface area is 186 Å². The Balaban J connectivity index is 2.72. The molecule has 1 aliphatic heterocycles. The summed E-state index contributed by atoms with van der Waals surface area (Å²) in [6, 6.07) is -11.5. The molecule has 1 spiro atoms. The van der Waals surface area contributed by atoms with E-state index >= 15 is 0 Å². The Morgan fingerprint density at radius 2 is 2.11 bits per heavy atom. The molecule has 0 radical (unpaired) electrons. The van der Waals surface area contributed by atoms with Crippen molar-refractivity contribution in [1.29, 1.82) is 0 Å². The number of carbonyl (C=O) groups excluding carboxylic acids is 1. The molecule has 9 heteroatoms. The molecule has 28 heavy (non-hydrogen) atoms. The zero-order chi connectivity index (χ0) is 37.3. The van der Waals surface area contributed by atoms with Crippen LogP contribution in [0, 0.1) is 0 Å². The van der Waals surface area contributed by atoms with E-state index in [2.05, 4.69) is 9.73 Å². The van der Waals surface area contributed by atoms with Gasteiger partial charge in [-0.1, -0.05) is 13.2 Å². The number of rotatable bonds is 5. The summed E-state index contributed by atoms with van der Waals surface area (Å²) < 4.78 is 198. The summed E-state index contributed by atoms with van der Waals surface area (Å²) >= 11 is 0. The molecular formula is C19H21F3N2O4. The normalized spacial score (nSPS) is 40.9. The standard InChI is InChI=1S/C19H21F3N2O4/c1-2-14(17(26)27)24-16(25)15(23-18(24)10-4-3-5-11-18)12-6-8-13(9-7-12)28-19(20,21)22/h6-9,14H,2-5,10-11H2,1H3,(H,26,27)/i1D2,2D2,3D2,4D2,5D2,6D,7D,8D,9D,10D2,11D2,14D. The number of carboxylic acids is 1. The SMILES string of the molecule is [2H]c1c([2H])c(C2=NC3(N(C([2H])(C(=O)O)C([2H])([2H])C([2H])[2H])C2=O)C([2H])([2H])C([2H])([2H])C([2H])([2H])C([2H])([2H])C3([2H])[2H])c([2H])c([2H])c1OC(F)(F)F. The molecule has 1 N–H and O–H groups in total. The largest absolute Gasteiger partial charge is 0.573 e. The molecule has 0 aromatic heterocycles. The molecule has 0 bridgehead atoms. The van der Waals surface area contributed by atoms with E-state index in [1.54, 1.807) is 0 Å². The first-order valence-corrected chi connectivity index (χ1v) is 7.01. The predicted molar refractivity (Wildman–Crippen MR) is 94.0 cm³/mol. The van der Waals surface area contributed by atoms with Crippen LogP contribution >= 0.6 is 0 Å². The maximum atomic E-state index is 14.1. The average molecular weight is 417 g/mol. The summed E-state index contributed by atoms with van der Waals surface area (Å²) in [5, 5.41) is 10.1. The molecule has 3 rings (SSSR count). The third-order valence-corrected chi connectivity index (χ3v) is 3.22. The molecule has 6 nitrogen and oxygen atoms in total. The number of benzene rings is 1. The Hall–Kier alpha value is -2.58. The van der Waals surface area contributed by atoms with Crippen molar-refractivity contribution in [3.05, 3.63) is 29.7 Å². The van der Waals surface area contributed by atoms with Crippen LogP contribution < -0.4 is 4.74 Å². The number of nitrogens with zero attached hydrogens (tertiary/aromatic N) is 2. The Morgan fingerprint density at radius 3 is 2.64 bits per heavy atom. The van der Waals surface area contributed by atoms with Crippen LogP contribution in [-0.4, -0.2) is 45.6 Å². The first-order chi connectivity index (χ1) is 20.6. The first kappa shape index (κ1) is 7.03. The van der Waals surface area contributed by atoms with Gasteiger partial charge < -0.3 is 9.84 Å². The minimum absolute atomic E-state index is 1.04. The number of carboxylic acid groups (broad SMARTS) is 1. The summed E-state index contributed by atoms with van der Waals surface area (Å²) in [6.07, 6.45) is -32.3. The van der Waals surface area contributed by atoms with Gasteiger partial charge >= 0.3 is 12.3 Å². The van der Waals surface area contributed by atoms with Gasteiger partial charge in [-0.3, -0.25) is 14.7 Å². The molecular weight excluding hydrogens is 377 g/mol. The molecule has 1 unspecified atom stereocenters. The Kier molecular flexibility index (Phi) is 1.87. The number of hydrogen-bond acceptors (Lipinski definition) is 4. The van der Waals surface area contributed by atoms with Crippen LogP contribution in [-0.2, 0) is 9.59 Å². The Bertz CT molecular complexity index is 1520. The van der Waals surface area contributed by atoms with Gasteiger partial charge in [0, 0.05) is 24.8 Å². The lowest BCUT2D eigenvalue weighted by Gasteiger charge is -2.41. The number of halogens is 3. The lowest BCUT2D eigenvalue weighted by atomic mass is 9.87. The quantitative estimate of drug-likeness (QED) is 0.792. The molecule has 1 amide bonds.